The second-order valence-corrected chi connectivity index (χ2v) is 12.7. The summed E-state index contributed by atoms with van der Waals surface area (Å²) in [6.07, 6.45) is 0. The number of fused-ring (bicyclic) bond motifs is 5. The van der Waals surface area contributed by atoms with Crippen molar-refractivity contribution in [2.24, 2.45) is 7.05 Å². The summed E-state index contributed by atoms with van der Waals surface area (Å²) in [5, 5.41) is 5.20. The van der Waals surface area contributed by atoms with Crippen LogP contribution in [-0.4, -0.2) is 4.57 Å². The van der Waals surface area contributed by atoms with Crippen LogP contribution in [0.15, 0.2) is 188 Å². The third-order valence-electron chi connectivity index (χ3n) is 9.82. The van der Waals surface area contributed by atoms with Crippen LogP contribution in [-0.2, 0) is 7.05 Å². The van der Waals surface area contributed by atoms with Crippen molar-refractivity contribution in [3.05, 3.63) is 188 Å². The monoisotopic (exact) mass is 626 g/mol. The molecule has 1 heterocycles. The van der Waals surface area contributed by atoms with Crippen LogP contribution in [0.1, 0.15) is 0 Å². The summed E-state index contributed by atoms with van der Waals surface area (Å²) in [6.45, 7) is 0. The van der Waals surface area contributed by atoms with E-state index < -0.39 is 0 Å². The van der Waals surface area contributed by atoms with Crippen LogP contribution in [0, 0.1) is 0 Å². The fraction of sp³-hybridized carbons (Fsp3) is 0.0213. The van der Waals surface area contributed by atoms with Gasteiger partial charge in [-0.15, -0.1) is 0 Å². The average molecular weight is 627 g/mol. The molecule has 0 radical (unpaired) electrons. The van der Waals surface area contributed by atoms with Crippen LogP contribution >= 0.6 is 0 Å². The van der Waals surface area contributed by atoms with Crippen LogP contribution in [0.25, 0.3) is 66.0 Å². The molecule has 9 aromatic rings. The third-order valence-corrected chi connectivity index (χ3v) is 9.82. The molecule has 1 aromatic heterocycles. The predicted molar refractivity (Wildman–Crippen MR) is 209 cm³/mol. The molecule has 0 aliphatic carbocycles. The number of rotatable bonds is 6. The van der Waals surface area contributed by atoms with Gasteiger partial charge in [0.2, 0.25) is 0 Å². The zero-order valence-electron chi connectivity index (χ0n) is 27.3. The summed E-state index contributed by atoms with van der Waals surface area (Å²) in [6, 6.07) is 67.9. The normalized spacial score (nSPS) is 11.4. The maximum Gasteiger partial charge on any atom is 0.0495 e. The molecule has 0 saturated carbocycles. The third kappa shape index (κ3) is 5.15. The van der Waals surface area contributed by atoms with Gasteiger partial charge < -0.3 is 9.47 Å². The lowest BCUT2D eigenvalue weighted by atomic mass is 9.98. The number of para-hydroxylation sites is 1. The van der Waals surface area contributed by atoms with Crippen molar-refractivity contribution in [2.75, 3.05) is 4.90 Å². The van der Waals surface area contributed by atoms with Crippen molar-refractivity contribution in [1.82, 2.24) is 4.57 Å². The summed E-state index contributed by atoms with van der Waals surface area (Å²) in [4.78, 5) is 2.31. The van der Waals surface area contributed by atoms with Crippen molar-refractivity contribution < 1.29 is 0 Å². The summed E-state index contributed by atoms with van der Waals surface area (Å²) in [5.41, 5.74) is 13.2. The zero-order chi connectivity index (χ0) is 32.7. The van der Waals surface area contributed by atoms with Gasteiger partial charge in [-0.25, -0.2) is 0 Å². The first-order valence-electron chi connectivity index (χ1n) is 16.8. The van der Waals surface area contributed by atoms with Crippen LogP contribution in [0.2, 0.25) is 0 Å². The van der Waals surface area contributed by atoms with E-state index in [-0.39, 0.29) is 0 Å². The van der Waals surface area contributed by atoms with E-state index >= 15 is 0 Å². The molecule has 0 aliphatic heterocycles. The Labute approximate surface area is 286 Å². The van der Waals surface area contributed by atoms with Gasteiger partial charge in [0, 0.05) is 45.9 Å². The quantitative estimate of drug-likeness (QED) is 0.178. The van der Waals surface area contributed by atoms with Crippen molar-refractivity contribution >= 4 is 49.6 Å². The molecule has 2 heteroatoms. The second kappa shape index (κ2) is 12.0. The highest BCUT2D eigenvalue weighted by Gasteiger charge is 2.14. The zero-order valence-corrected chi connectivity index (χ0v) is 27.3. The molecule has 49 heavy (non-hydrogen) atoms. The average Bonchev–Trinajstić information content (AvgIpc) is 3.47. The Hall–Kier alpha value is -6.38. The smallest absolute Gasteiger partial charge is 0.0495 e. The Morgan fingerprint density at radius 2 is 0.796 bits per heavy atom. The van der Waals surface area contributed by atoms with Crippen LogP contribution in [0.4, 0.5) is 17.1 Å². The van der Waals surface area contributed by atoms with Gasteiger partial charge in [0.1, 0.15) is 0 Å². The molecule has 0 atom stereocenters. The molecule has 0 fully saturated rings. The topological polar surface area (TPSA) is 8.17 Å². The van der Waals surface area contributed by atoms with E-state index in [1.807, 2.05) is 0 Å². The highest BCUT2D eigenvalue weighted by Crippen LogP contribution is 2.38. The summed E-state index contributed by atoms with van der Waals surface area (Å²) in [5.74, 6) is 0. The molecule has 8 aromatic carbocycles. The molecule has 0 amide bonds. The van der Waals surface area contributed by atoms with Gasteiger partial charge in [-0.05, 0) is 98.8 Å². The van der Waals surface area contributed by atoms with Gasteiger partial charge >= 0.3 is 0 Å². The summed E-state index contributed by atoms with van der Waals surface area (Å²) >= 11 is 0. The molecule has 0 saturated heterocycles. The molecule has 9 rings (SSSR count). The van der Waals surface area contributed by atoms with E-state index in [9.17, 15) is 0 Å². The first-order valence-corrected chi connectivity index (χ1v) is 16.8. The van der Waals surface area contributed by atoms with Gasteiger partial charge in [0.25, 0.3) is 0 Å². The number of nitrogens with zero attached hydrogens (tertiary/aromatic N) is 2. The van der Waals surface area contributed by atoms with Gasteiger partial charge in [-0.1, -0.05) is 133 Å². The van der Waals surface area contributed by atoms with Gasteiger partial charge in [-0.3, -0.25) is 0 Å². The highest BCUT2D eigenvalue weighted by atomic mass is 15.1. The van der Waals surface area contributed by atoms with Crippen LogP contribution < -0.4 is 4.90 Å². The van der Waals surface area contributed by atoms with Crippen molar-refractivity contribution in [1.29, 1.82) is 0 Å². The minimum Gasteiger partial charge on any atom is -0.344 e. The lowest BCUT2D eigenvalue weighted by Gasteiger charge is -2.26. The first-order chi connectivity index (χ1) is 24.2. The maximum absolute atomic E-state index is 2.36. The standard InChI is InChI=1S/C47H34N2/c1-48-45-30-25-39(32-44(45)47-43-15-9-8-12-38(43)24-31-46(47)48)37-18-16-34(17-19-37)36-22-28-42(29-23-36)49(40-13-6-3-7-14-40)41-26-20-35(21-27-41)33-10-4-2-5-11-33/h2-32H,1H3. The Morgan fingerprint density at radius 1 is 0.347 bits per heavy atom. The SMILES string of the molecule is Cn1c2ccc(-c3ccc(-c4ccc(N(c5ccccc5)c5ccc(-c6ccccc6)cc5)cc4)cc3)cc2c2c3ccccc3ccc21. The molecule has 0 spiro atoms. The summed E-state index contributed by atoms with van der Waals surface area (Å²) in [7, 11) is 2.17. The highest BCUT2D eigenvalue weighted by molar-refractivity contribution is 6.21. The molecule has 0 N–H and O–H groups in total. The van der Waals surface area contributed by atoms with Crippen LogP contribution in [0.5, 0.6) is 0 Å². The number of hydrogen-bond acceptors (Lipinski definition) is 1. The number of hydrogen-bond donors (Lipinski definition) is 0. The predicted octanol–water partition coefficient (Wildman–Crippen LogP) is 13.0. The van der Waals surface area contributed by atoms with E-state index in [2.05, 4.69) is 205 Å². The fourth-order valence-electron chi connectivity index (χ4n) is 7.28. The Morgan fingerprint density at radius 3 is 1.43 bits per heavy atom. The van der Waals surface area contributed by atoms with E-state index in [4.69, 9.17) is 0 Å². The van der Waals surface area contributed by atoms with E-state index in [0.717, 1.165) is 17.1 Å². The van der Waals surface area contributed by atoms with E-state index in [1.165, 1.54) is 66.0 Å². The molecule has 0 bridgehead atoms. The molecule has 0 unspecified atom stereocenters. The first kappa shape index (κ1) is 28.8. The second-order valence-electron chi connectivity index (χ2n) is 12.7. The largest absolute Gasteiger partial charge is 0.344 e. The minimum absolute atomic E-state index is 1.12. The Bertz CT molecular complexity index is 2560. The molecule has 232 valence electrons. The van der Waals surface area contributed by atoms with E-state index in [1.54, 1.807) is 0 Å². The van der Waals surface area contributed by atoms with Gasteiger partial charge in [0.15, 0.2) is 0 Å². The molecule has 0 aliphatic rings. The summed E-state index contributed by atoms with van der Waals surface area (Å²) < 4.78 is 2.31. The maximum atomic E-state index is 2.36. The van der Waals surface area contributed by atoms with Gasteiger partial charge in [-0.2, -0.15) is 0 Å². The van der Waals surface area contributed by atoms with Gasteiger partial charge in [0.05, 0.1) is 0 Å². The number of aryl methyl sites for hydroxylation is 1. The lowest BCUT2D eigenvalue weighted by molar-refractivity contribution is 1.01. The van der Waals surface area contributed by atoms with Crippen molar-refractivity contribution in [2.45, 2.75) is 0 Å². The number of anilines is 3. The number of aromatic nitrogens is 1. The fourth-order valence-corrected chi connectivity index (χ4v) is 7.28. The molecule has 2 nitrogen and oxygen atoms in total. The Kier molecular flexibility index (Phi) is 7.06. The van der Waals surface area contributed by atoms with Crippen LogP contribution in [0.3, 0.4) is 0 Å². The van der Waals surface area contributed by atoms with E-state index in [0.29, 0.717) is 0 Å². The lowest BCUT2D eigenvalue weighted by Crippen LogP contribution is -2.09. The molecular formula is C47H34N2. The number of benzene rings is 8. The molecular weight excluding hydrogens is 593 g/mol. The van der Waals surface area contributed by atoms with Crippen molar-refractivity contribution in [3.8, 4) is 33.4 Å². The minimum atomic E-state index is 1.12. The Balaban J connectivity index is 1.03. The van der Waals surface area contributed by atoms with Crippen molar-refractivity contribution in [3.63, 3.8) is 0 Å².